The summed E-state index contributed by atoms with van der Waals surface area (Å²) in [6.45, 7) is 3.98. The first kappa shape index (κ1) is 20.7. The topological polar surface area (TPSA) is 63.6 Å². The van der Waals surface area contributed by atoms with Crippen molar-refractivity contribution in [3.63, 3.8) is 0 Å². The largest absolute Gasteiger partial charge is 0.392 e. The number of aliphatic hydroxyl groups is 1. The average Bonchev–Trinajstić information content (AvgIpc) is 3.38. The van der Waals surface area contributed by atoms with Crippen molar-refractivity contribution in [2.45, 2.75) is 69.3 Å². The van der Waals surface area contributed by atoms with Gasteiger partial charge in [0, 0.05) is 24.0 Å². The fraction of sp³-hybridized carbons (Fsp3) is 0.680. The van der Waals surface area contributed by atoms with Gasteiger partial charge in [-0.1, -0.05) is 49.0 Å². The van der Waals surface area contributed by atoms with E-state index in [1.165, 1.54) is 0 Å². The number of Topliss-reactive ketones (excluding diaryl/α,β-unsaturated/α-hetero) is 1. The van der Waals surface area contributed by atoms with Crippen LogP contribution in [-0.4, -0.2) is 40.1 Å². The Morgan fingerprint density at radius 2 is 1.87 bits per heavy atom. The van der Waals surface area contributed by atoms with Gasteiger partial charge in [0.25, 0.3) is 0 Å². The van der Waals surface area contributed by atoms with Crippen LogP contribution >= 0.6 is 11.8 Å². The first-order valence-corrected chi connectivity index (χ1v) is 12.1. The third-order valence-electron chi connectivity index (χ3n) is 9.23. The molecule has 4 saturated carbocycles. The minimum Gasteiger partial charge on any atom is -0.392 e. The molecule has 5 rings (SSSR count). The highest BCUT2D eigenvalue weighted by Crippen LogP contribution is 2.77. The van der Waals surface area contributed by atoms with Crippen LogP contribution < -0.4 is 0 Å². The third kappa shape index (κ3) is 2.67. The van der Waals surface area contributed by atoms with E-state index in [1.54, 1.807) is 19.2 Å². The molecule has 0 amide bonds. The first-order valence-electron chi connectivity index (χ1n) is 11.3. The molecule has 4 aliphatic carbocycles. The number of thioether (sulfide) groups is 1. The van der Waals surface area contributed by atoms with E-state index in [0.29, 0.717) is 17.9 Å². The lowest BCUT2D eigenvalue weighted by molar-refractivity contribution is -0.148. The first-order chi connectivity index (χ1) is 14.3. The van der Waals surface area contributed by atoms with Gasteiger partial charge in [0.2, 0.25) is 5.12 Å². The second kappa shape index (κ2) is 6.91. The molecule has 4 aliphatic rings. The summed E-state index contributed by atoms with van der Waals surface area (Å²) in [5.41, 5.74) is 0.367. The molecular formula is C25H32O4S. The summed E-state index contributed by atoms with van der Waals surface area (Å²) in [7, 11) is 1.78. The van der Waals surface area contributed by atoms with Crippen molar-refractivity contribution in [1.82, 2.24) is 0 Å². The van der Waals surface area contributed by atoms with Crippen molar-refractivity contribution in [1.29, 1.82) is 0 Å². The zero-order chi connectivity index (χ0) is 21.3. The van der Waals surface area contributed by atoms with Gasteiger partial charge >= 0.3 is 0 Å². The molecule has 2 bridgehead atoms. The lowest BCUT2D eigenvalue weighted by Gasteiger charge is -2.54. The van der Waals surface area contributed by atoms with E-state index in [2.05, 4.69) is 6.92 Å². The Hall–Kier alpha value is -1.17. The third-order valence-corrected chi connectivity index (χ3v) is 10.5. The van der Waals surface area contributed by atoms with E-state index < -0.39 is 10.9 Å². The number of carbonyl (C=O) groups is 2. The zero-order valence-corrected chi connectivity index (χ0v) is 18.9. The van der Waals surface area contributed by atoms with E-state index in [9.17, 15) is 14.7 Å². The smallest absolute Gasteiger partial charge is 0.220 e. The maximum absolute atomic E-state index is 14.0. The summed E-state index contributed by atoms with van der Waals surface area (Å²) in [5.74, 6) is 0.782. The van der Waals surface area contributed by atoms with Gasteiger partial charge in [-0.2, -0.15) is 0 Å². The molecule has 0 heterocycles. The molecule has 30 heavy (non-hydrogen) atoms. The number of ether oxygens (including phenoxy) is 1. The molecule has 1 aromatic rings. The predicted octanol–water partition coefficient (Wildman–Crippen LogP) is 4.50. The normalized spacial score (nSPS) is 47.1. The molecule has 0 aliphatic heterocycles. The fourth-order valence-electron chi connectivity index (χ4n) is 7.71. The average molecular weight is 429 g/mol. The van der Waals surface area contributed by atoms with Gasteiger partial charge in [-0.05, 0) is 62.7 Å². The van der Waals surface area contributed by atoms with E-state index in [4.69, 9.17) is 4.74 Å². The van der Waals surface area contributed by atoms with Crippen LogP contribution in [0.1, 0.15) is 62.7 Å². The maximum atomic E-state index is 14.0. The van der Waals surface area contributed by atoms with Gasteiger partial charge in [-0.25, -0.2) is 0 Å². The van der Waals surface area contributed by atoms with Gasteiger partial charge < -0.3 is 9.84 Å². The fourth-order valence-corrected chi connectivity index (χ4v) is 8.89. The Kier molecular flexibility index (Phi) is 4.77. The van der Waals surface area contributed by atoms with Crippen LogP contribution in [0.25, 0.3) is 0 Å². The van der Waals surface area contributed by atoms with Crippen LogP contribution in [0, 0.1) is 28.6 Å². The minimum absolute atomic E-state index is 0.0864. The van der Waals surface area contributed by atoms with Crippen LogP contribution in [0.3, 0.4) is 0 Å². The minimum atomic E-state index is -0.910. The van der Waals surface area contributed by atoms with Gasteiger partial charge in [-0.15, -0.1) is 0 Å². The van der Waals surface area contributed by atoms with Crippen LogP contribution in [0.15, 0.2) is 30.3 Å². The van der Waals surface area contributed by atoms with Crippen molar-refractivity contribution in [3.8, 4) is 0 Å². The Morgan fingerprint density at radius 1 is 1.17 bits per heavy atom. The summed E-state index contributed by atoms with van der Waals surface area (Å²) in [6.07, 6.45) is 5.03. The summed E-state index contributed by atoms with van der Waals surface area (Å²) in [6, 6.07) is 9.17. The van der Waals surface area contributed by atoms with Crippen LogP contribution in [0.2, 0.25) is 0 Å². The highest BCUT2D eigenvalue weighted by atomic mass is 32.2. The number of carbonyl (C=O) groups excluding carboxylic acids is 2. The molecule has 5 heteroatoms. The highest BCUT2D eigenvalue weighted by Gasteiger charge is 2.76. The number of hydrogen-bond donors (Lipinski definition) is 1. The molecular weight excluding hydrogens is 396 g/mol. The molecule has 1 aromatic carbocycles. The molecule has 162 valence electrons. The van der Waals surface area contributed by atoms with Crippen molar-refractivity contribution in [3.05, 3.63) is 35.9 Å². The quantitative estimate of drug-likeness (QED) is 0.768. The molecule has 8 atom stereocenters. The van der Waals surface area contributed by atoms with Gasteiger partial charge in [-0.3, -0.25) is 9.59 Å². The Labute approximate surface area is 183 Å². The van der Waals surface area contributed by atoms with Crippen molar-refractivity contribution < 1.29 is 19.4 Å². The van der Waals surface area contributed by atoms with E-state index in [1.807, 2.05) is 25.1 Å². The Balaban J connectivity index is 1.54. The predicted molar refractivity (Wildman–Crippen MR) is 117 cm³/mol. The Bertz CT molecular complexity index is 871. The van der Waals surface area contributed by atoms with E-state index in [-0.39, 0.29) is 39.7 Å². The monoisotopic (exact) mass is 428 g/mol. The van der Waals surface area contributed by atoms with Crippen molar-refractivity contribution in [2.24, 2.45) is 28.6 Å². The number of aliphatic hydroxyl groups excluding tert-OH is 1. The SMILES string of the molecule is CO[C@@H]1CCC23CC[C@H]4C[C@@]4(C12)[C@H](O)C[C@@](C)(SC(=O)c1ccccc1)C(=O)[C@@H]3C. The second-order valence-corrected chi connectivity index (χ2v) is 11.8. The molecule has 0 aromatic heterocycles. The van der Waals surface area contributed by atoms with Crippen LogP contribution in [-0.2, 0) is 9.53 Å². The summed E-state index contributed by atoms with van der Waals surface area (Å²) in [5, 5.41) is 11.5. The number of hydrogen-bond acceptors (Lipinski definition) is 5. The molecule has 0 radical (unpaired) electrons. The van der Waals surface area contributed by atoms with Gasteiger partial charge in [0.05, 0.1) is 17.0 Å². The summed E-state index contributed by atoms with van der Waals surface area (Å²) >= 11 is 1.13. The van der Waals surface area contributed by atoms with E-state index >= 15 is 0 Å². The number of ketones is 1. The molecule has 1 N–H and O–H groups in total. The van der Waals surface area contributed by atoms with Crippen LogP contribution in [0.5, 0.6) is 0 Å². The van der Waals surface area contributed by atoms with E-state index in [0.717, 1.165) is 43.9 Å². The molecule has 0 saturated heterocycles. The van der Waals surface area contributed by atoms with Gasteiger partial charge in [0.15, 0.2) is 5.78 Å². The number of benzene rings is 1. The summed E-state index contributed by atoms with van der Waals surface area (Å²) < 4.78 is 5.01. The maximum Gasteiger partial charge on any atom is 0.220 e. The number of rotatable bonds is 3. The van der Waals surface area contributed by atoms with Crippen molar-refractivity contribution in [2.75, 3.05) is 7.11 Å². The zero-order valence-electron chi connectivity index (χ0n) is 18.1. The Morgan fingerprint density at radius 3 is 2.57 bits per heavy atom. The molecule has 1 spiro atoms. The second-order valence-electron chi connectivity index (χ2n) is 10.4. The van der Waals surface area contributed by atoms with Gasteiger partial charge in [0.1, 0.15) is 0 Å². The van der Waals surface area contributed by atoms with Crippen molar-refractivity contribution >= 4 is 22.7 Å². The standard InChI is InChI=1S/C25H32O4S/c1-15-21(27)23(2,30-22(28)16-7-5-4-6-8-16)14-19(26)25-13-17(25)9-11-24(15)12-10-18(29-3)20(24)25/h4-8,15,17-20,26H,9-14H2,1-3H3/t15-,17-,18+,19+,20?,23+,24?,25-/m0/s1. The summed E-state index contributed by atoms with van der Waals surface area (Å²) in [4.78, 5) is 27.0. The molecule has 4 fully saturated rings. The molecule has 4 nitrogen and oxygen atoms in total. The lowest BCUT2D eigenvalue weighted by Crippen LogP contribution is -2.58. The molecule has 2 unspecified atom stereocenters. The van der Waals surface area contributed by atoms with Crippen LogP contribution in [0.4, 0.5) is 0 Å². The highest BCUT2D eigenvalue weighted by molar-refractivity contribution is 8.15. The lowest BCUT2D eigenvalue weighted by atomic mass is 9.52. The number of methoxy groups -OCH3 is 1.